The van der Waals surface area contributed by atoms with E-state index in [0.29, 0.717) is 0 Å². The van der Waals surface area contributed by atoms with E-state index >= 15 is 0 Å². The first kappa shape index (κ1) is 14.3. The van der Waals surface area contributed by atoms with Gasteiger partial charge in [0, 0.05) is 0 Å². The van der Waals surface area contributed by atoms with Gasteiger partial charge in [-0.1, -0.05) is 0 Å². The molecule has 5 N–H and O–H groups in total. The van der Waals surface area contributed by atoms with E-state index in [2.05, 4.69) is 5.10 Å². The zero-order valence-electron chi connectivity index (χ0n) is 9.99. The van der Waals surface area contributed by atoms with Gasteiger partial charge in [-0.05, 0) is 0 Å². The van der Waals surface area contributed by atoms with Crippen molar-refractivity contribution in [3.8, 4) is 0 Å². The number of aliphatic hydroxyl groups is 3. The molecule has 0 aromatic carbocycles. The van der Waals surface area contributed by atoms with E-state index in [-0.39, 0.29) is 0 Å². The van der Waals surface area contributed by atoms with Crippen molar-refractivity contribution in [2.45, 2.75) is 24.5 Å². The Bertz CT molecular complexity index is 544. The molecular formula is C9H12N4O7. The Kier molecular flexibility index (Phi) is 3.67. The molecule has 2 heterocycles. The maximum Gasteiger partial charge on any atom is 0.320 e. The van der Waals surface area contributed by atoms with E-state index in [9.17, 15) is 25.1 Å². The maximum atomic E-state index is 11.3. The average molecular weight is 288 g/mol. The van der Waals surface area contributed by atoms with Gasteiger partial charge in [0.05, 0.1) is 11.5 Å². The summed E-state index contributed by atoms with van der Waals surface area (Å²) in [4.78, 5) is 21.2. The summed E-state index contributed by atoms with van der Waals surface area (Å²) in [7, 11) is 0. The number of nitro groups is 1. The lowest BCUT2D eigenvalue weighted by Gasteiger charge is -2.16. The van der Waals surface area contributed by atoms with Gasteiger partial charge >= 0.3 is 5.69 Å². The first-order valence-electron chi connectivity index (χ1n) is 5.52. The second kappa shape index (κ2) is 5.13. The van der Waals surface area contributed by atoms with Gasteiger partial charge in [-0.25, -0.2) is 4.68 Å². The molecule has 0 radical (unpaired) electrons. The van der Waals surface area contributed by atoms with Gasteiger partial charge < -0.3 is 25.8 Å². The van der Waals surface area contributed by atoms with E-state index in [1.807, 2.05) is 0 Å². The molecule has 1 aromatic heterocycles. The molecule has 4 atom stereocenters. The van der Waals surface area contributed by atoms with Crippen LogP contribution in [0, 0.1) is 10.1 Å². The van der Waals surface area contributed by atoms with Gasteiger partial charge in [-0.3, -0.25) is 14.9 Å². The van der Waals surface area contributed by atoms with Crippen LogP contribution in [0.4, 0.5) is 5.69 Å². The lowest BCUT2D eigenvalue weighted by molar-refractivity contribution is -0.385. The van der Waals surface area contributed by atoms with Crippen LogP contribution in [0.1, 0.15) is 16.7 Å². The van der Waals surface area contributed by atoms with Crippen LogP contribution in [0.2, 0.25) is 0 Å². The zero-order chi connectivity index (χ0) is 15.0. The predicted molar refractivity (Wildman–Crippen MR) is 60.4 cm³/mol. The number of carbonyl (C=O) groups is 1. The molecule has 0 aliphatic carbocycles. The van der Waals surface area contributed by atoms with Crippen LogP contribution in [0.5, 0.6) is 0 Å². The topological polar surface area (TPSA) is 174 Å². The molecule has 1 amide bonds. The third-order valence-corrected chi connectivity index (χ3v) is 2.96. The summed E-state index contributed by atoms with van der Waals surface area (Å²) in [6.45, 7) is -0.579. The Morgan fingerprint density at radius 2 is 2.20 bits per heavy atom. The number of rotatable bonds is 4. The second-order valence-corrected chi connectivity index (χ2v) is 4.17. The summed E-state index contributed by atoms with van der Waals surface area (Å²) in [6.07, 6.45) is -4.62. The predicted octanol–water partition coefficient (Wildman–Crippen LogP) is -2.50. The molecule has 2 rings (SSSR count). The van der Waals surface area contributed by atoms with Gasteiger partial charge in [0.25, 0.3) is 5.91 Å². The van der Waals surface area contributed by atoms with Crippen molar-refractivity contribution < 1.29 is 29.8 Å². The van der Waals surface area contributed by atoms with Gasteiger partial charge in [0.1, 0.15) is 24.5 Å². The van der Waals surface area contributed by atoms with Crippen molar-refractivity contribution in [1.29, 1.82) is 0 Å². The number of aromatic nitrogens is 2. The molecular weight excluding hydrogens is 276 g/mol. The summed E-state index contributed by atoms with van der Waals surface area (Å²) in [5.41, 5.74) is 3.85. The Labute approximate surface area is 111 Å². The largest absolute Gasteiger partial charge is 0.394 e. The number of ether oxygens (including phenoxy) is 1. The van der Waals surface area contributed by atoms with Gasteiger partial charge in [0.2, 0.25) is 5.69 Å². The fourth-order valence-corrected chi connectivity index (χ4v) is 2.00. The highest BCUT2D eigenvalue weighted by Gasteiger charge is 2.46. The van der Waals surface area contributed by atoms with E-state index in [4.69, 9.17) is 15.6 Å². The van der Waals surface area contributed by atoms with E-state index in [1.54, 1.807) is 0 Å². The van der Waals surface area contributed by atoms with E-state index in [1.165, 1.54) is 0 Å². The highest BCUT2D eigenvalue weighted by atomic mass is 16.6. The third kappa shape index (κ3) is 2.12. The normalized spacial score (nSPS) is 29.6. The molecule has 110 valence electrons. The van der Waals surface area contributed by atoms with Crippen molar-refractivity contribution in [1.82, 2.24) is 9.78 Å². The SMILES string of the molecule is NC(=O)c1c([N+](=O)[O-])cnn1[C@@H]1O[C@H](CO)[C@@H](O)[C@H]1O. The van der Waals surface area contributed by atoms with Crippen LogP contribution in [0.3, 0.4) is 0 Å². The number of aliphatic hydroxyl groups excluding tert-OH is 3. The number of hydrogen-bond acceptors (Lipinski definition) is 8. The Hall–Kier alpha value is -2.08. The summed E-state index contributed by atoms with van der Waals surface area (Å²) >= 11 is 0. The minimum Gasteiger partial charge on any atom is -0.394 e. The van der Waals surface area contributed by atoms with Crippen LogP contribution in [-0.2, 0) is 4.74 Å². The standard InChI is InChI=1S/C9H12N4O7/c10-8(17)5-3(13(18)19)1-11-12(5)9-7(16)6(15)4(2-14)20-9/h1,4,6-7,9,14-16H,2H2,(H2,10,17)/t4-,6-,7-,9-/m1/s1. The zero-order valence-corrected chi connectivity index (χ0v) is 9.99. The average Bonchev–Trinajstić information content (AvgIpc) is 2.93. The smallest absolute Gasteiger partial charge is 0.320 e. The van der Waals surface area contributed by atoms with Crippen LogP contribution < -0.4 is 5.73 Å². The number of hydrogen-bond donors (Lipinski definition) is 4. The van der Waals surface area contributed by atoms with Crippen molar-refractivity contribution in [3.05, 3.63) is 22.0 Å². The molecule has 1 aliphatic heterocycles. The summed E-state index contributed by atoms with van der Waals surface area (Å²) < 4.78 is 5.85. The lowest BCUT2D eigenvalue weighted by Crippen LogP contribution is -2.34. The monoisotopic (exact) mass is 288 g/mol. The number of nitrogens with two attached hydrogens (primary N) is 1. The first-order chi connectivity index (χ1) is 9.38. The van der Waals surface area contributed by atoms with Gasteiger partial charge in [-0.2, -0.15) is 5.10 Å². The molecule has 0 spiro atoms. The minimum absolute atomic E-state index is 0.565. The molecule has 1 aliphatic rings. The van der Waals surface area contributed by atoms with E-state index in [0.717, 1.165) is 10.9 Å². The van der Waals surface area contributed by atoms with Crippen molar-refractivity contribution >= 4 is 11.6 Å². The first-order valence-corrected chi connectivity index (χ1v) is 5.52. The second-order valence-electron chi connectivity index (χ2n) is 4.17. The molecule has 0 bridgehead atoms. The number of amides is 1. The number of nitrogens with zero attached hydrogens (tertiary/aromatic N) is 3. The van der Waals surface area contributed by atoms with Crippen molar-refractivity contribution in [2.24, 2.45) is 5.73 Å². The third-order valence-electron chi connectivity index (χ3n) is 2.96. The quantitative estimate of drug-likeness (QED) is 0.347. The Morgan fingerprint density at radius 1 is 1.55 bits per heavy atom. The molecule has 0 unspecified atom stereocenters. The summed E-state index contributed by atoms with van der Waals surface area (Å²) in [5.74, 6) is -1.13. The molecule has 11 nitrogen and oxygen atoms in total. The highest BCUT2D eigenvalue weighted by Crippen LogP contribution is 2.31. The summed E-state index contributed by atoms with van der Waals surface area (Å²) in [6, 6.07) is 0. The fraction of sp³-hybridized carbons (Fsp3) is 0.556. The van der Waals surface area contributed by atoms with Crippen LogP contribution in [-0.4, -0.2) is 60.8 Å². The van der Waals surface area contributed by atoms with Crippen LogP contribution in [0.25, 0.3) is 0 Å². The molecule has 20 heavy (non-hydrogen) atoms. The van der Waals surface area contributed by atoms with Crippen LogP contribution >= 0.6 is 0 Å². The highest BCUT2D eigenvalue weighted by molar-refractivity contribution is 5.95. The Balaban J connectivity index is 2.44. The van der Waals surface area contributed by atoms with Crippen molar-refractivity contribution in [2.75, 3.05) is 6.61 Å². The number of carbonyl (C=O) groups excluding carboxylic acids is 1. The molecule has 1 fully saturated rings. The minimum atomic E-state index is -1.52. The fourth-order valence-electron chi connectivity index (χ4n) is 2.00. The van der Waals surface area contributed by atoms with Gasteiger partial charge in [-0.15, -0.1) is 0 Å². The maximum absolute atomic E-state index is 11.3. The van der Waals surface area contributed by atoms with E-state index < -0.39 is 53.4 Å². The van der Waals surface area contributed by atoms with Crippen LogP contribution in [0.15, 0.2) is 6.20 Å². The molecule has 0 saturated carbocycles. The molecule has 11 heteroatoms. The number of primary amides is 1. The molecule has 1 aromatic rings. The Morgan fingerprint density at radius 3 is 2.65 bits per heavy atom. The van der Waals surface area contributed by atoms with Crippen molar-refractivity contribution in [3.63, 3.8) is 0 Å². The summed E-state index contributed by atoms with van der Waals surface area (Å²) in [5, 5.41) is 42.7. The molecule has 1 saturated heterocycles. The van der Waals surface area contributed by atoms with Gasteiger partial charge in [0.15, 0.2) is 6.23 Å². The lowest BCUT2D eigenvalue weighted by atomic mass is 10.1.